The van der Waals surface area contributed by atoms with Gasteiger partial charge in [-0.2, -0.15) is 8.42 Å². The quantitative estimate of drug-likeness (QED) is 0.748. The average Bonchev–Trinajstić information content (AvgIpc) is 2.18. The van der Waals surface area contributed by atoms with E-state index in [1.807, 2.05) is 4.72 Å². The van der Waals surface area contributed by atoms with E-state index < -0.39 is 16.2 Å². The summed E-state index contributed by atoms with van der Waals surface area (Å²) in [5.74, 6) is -1.28. The van der Waals surface area contributed by atoms with E-state index in [-0.39, 0.29) is 22.0 Å². The molecule has 1 aromatic carbocycles. The highest BCUT2D eigenvalue weighted by atomic mass is 35.5. The molecular formula is C8H9ClN2O5S. The van der Waals surface area contributed by atoms with Gasteiger partial charge in [-0.1, -0.05) is 11.6 Å². The smallest absolute Gasteiger partial charge is 0.339 e. The standard InChI is InChI=1S/C8H9ClN2O5S/c1-16-7-3-6(11-17(10,14)15)5(9)2-4(7)8(12)13/h2-3,11H,1H3,(H,12,13)(H2,10,14,15). The Labute approximate surface area is 102 Å². The number of nitrogens with two attached hydrogens (primary N) is 1. The number of methoxy groups -OCH3 is 1. The van der Waals surface area contributed by atoms with Gasteiger partial charge in [-0.05, 0) is 6.07 Å². The largest absolute Gasteiger partial charge is 0.496 e. The number of anilines is 1. The average molecular weight is 281 g/mol. The van der Waals surface area contributed by atoms with Crippen molar-refractivity contribution in [3.05, 3.63) is 22.7 Å². The summed E-state index contributed by atoms with van der Waals surface area (Å²) in [7, 11) is -2.75. The number of carbonyl (C=O) groups is 1. The van der Waals surface area contributed by atoms with Crippen LogP contribution in [0.3, 0.4) is 0 Å². The van der Waals surface area contributed by atoms with Crippen molar-refractivity contribution in [1.82, 2.24) is 0 Å². The zero-order valence-electron chi connectivity index (χ0n) is 8.60. The molecule has 0 heterocycles. The van der Waals surface area contributed by atoms with Crippen molar-refractivity contribution in [3.63, 3.8) is 0 Å². The number of ether oxygens (including phenoxy) is 1. The van der Waals surface area contributed by atoms with E-state index >= 15 is 0 Å². The Bertz CT molecular complexity index is 557. The van der Waals surface area contributed by atoms with E-state index in [1.165, 1.54) is 7.11 Å². The van der Waals surface area contributed by atoms with Gasteiger partial charge >= 0.3 is 5.97 Å². The zero-order chi connectivity index (χ0) is 13.2. The molecule has 0 aliphatic heterocycles. The lowest BCUT2D eigenvalue weighted by atomic mass is 10.2. The van der Waals surface area contributed by atoms with E-state index in [4.69, 9.17) is 26.6 Å². The third-order valence-corrected chi connectivity index (χ3v) is 2.59. The fourth-order valence-electron chi connectivity index (χ4n) is 1.12. The van der Waals surface area contributed by atoms with E-state index in [9.17, 15) is 13.2 Å². The van der Waals surface area contributed by atoms with Crippen LogP contribution in [-0.4, -0.2) is 26.6 Å². The molecule has 1 rings (SSSR count). The Hall–Kier alpha value is -1.51. The first-order chi connectivity index (χ1) is 7.74. The van der Waals surface area contributed by atoms with Crippen LogP contribution in [0.2, 0.25) is 5.02 Å². The first kappa shape index (κ1) is 13.6. The van der Waals surface area contributed by atoms with Gasteiger partial charge in [0.1, 0.15) is 11.3 Å². The van der Waals surface area contributed by atoms with Gasteiger partial charge in [0.05, 0.1) is 17.8 Å². The summed E-state index contributed by atoms with van der Waals surface area (Å²) < 4.78 is 28.4. The summed E-state index contributed by atoms with van der Waals surface area (Å²) in [4.78, 5) is 10.8. The van der Waals surface area contributed by atoms with Crippen LogP contribution in [0.4, 0.5) is 5.69 Å². The maximum absolute atomic E-state index is 10.8. The topological polar surface area (TPSA) is 119 Å². The molecule has 0 atom stereocenters. The van der Waals surface area contributed by atoms with Crippen molar-refractivity contribution >= 4 is 33.5 Å². The molecule has 0 aliphatic rings. The molecule has 0 bridgehead atoms. The number of nitrogens with one attached hydrogen (secondary N) is 1. The summed E-state index contributed by atoms with van der Waals surface area (Å²) in [5.41, 5.74) is -0.242. The normalized spacial score (nSPS) is 11.0. The van der Waals surface area contributed by atoms with Crippen molar-refractivity contribution in [2.45, 2.75) is 0 Å². The molecule has 0 aromatic heterocycles. The number of hydrogen-bond donors (Lipinski definition) is 3. The molecule has 4 N–H and O–H groups in total. The van der Waals surface area contributed by atoms with Gasteiger partial charge in [0, 0.05) is 6.07 Å². The Morgan fingerprint density at radius 3 is 2.53 bits per heavy atom. The van der Waals surface area contributed by atoms with Crippen LogP contribution in [-0.2, 0) is 10.2 Å². The third kappa shape index (κ3) is 3.48. The first-order valence-corrected chi connectivity index (χ1v) is 6.08. The summed E-state index contributed by atoms with van der Waals surface area (Å²) in [6.07, 6.45) is 0. The number of carboxylic acids is 1. The second-order valence-electron chi connectivity index (χ2n) is 2.98. The third-order valence-electron chi connectivity index (χ3n) is 1.77. The number of benzene rings is 1. The van der Waals surface area contributed by atoms with Gasteiger partial charge in [0.2, 0.25) is 0 Å². The summed E-state index contributed by atoms with van der Waals surface area (Å²) in [5, 5.41) is 13.5. The molecule has 0 amide bonds. The predicted molar refractivity (Wildman–Crippen MR) is 61.7 cm³/mol. The lowest BCUT2D eigenvalue weighted by Crippen LogP contribution is -2.22. The van der Waals surface area contributed by atoms with Gasteiger partial charge in [0.25, 0.3) is 10.2 Å². The maximum atomic E-state index is 10.8. The molecule has 0 saturated heterocycles. The van der Waals surface area contributed by atoms with Gasteiger partial charge in [-0.3, -0.25) is 4.72 Å². The van der Waals surface area contributed by atoms with Crippen LogP contribution in [0.15, 0.2) is 12.1 Å². The molecule has 0 saturated carbocycles. The minimum atomic E-state index is -4.00. The molecule has 17 heavy (non-hydrogen) atoms. The second kappa shape index (κ2) is 4.78. The lowest BCUT2D eigenvalue weighted by Gasteiger charge is -2.10. The van der Waals surface area contributed by atoms with Crippen molar-refractivity contribution in [2.24, 2.45) is 5.14 Å². The van der Waals surface area contributed by atoms with Crippen LogP contribution < -0.4 is 14.6 Å². The molecule has 7 nitrogen and oxygen atoms in total. The maximum Gasteiger partial charge on any atom is 0.339 e. The minimum Gasteiger partial charge on any atom is -0.496 e. The highest BCUT2D eigenvalue weighted by Gasteiger charge is 2.16. The number of carboxylic acid groups (broad SMARTS) is 1. The van der Waals surface area contributed by atoms with Crippen LogP contribution in [0.1, 0.15) is 10.4 Å². The van der Waals surface area contributed by atoms with E-state index in [2.05, 4.69) is 0 Å². The second-order valence-corrected chi connectivity index (χ2v) is 4.69. The van der Waals surface area contributed by atoms with Crippen LogP contribution in [0.5, 0.6) is 5.75 Å². The lowest BCUT2D eigenvalue weighted by molar-refractivity contribution is 0.0693. The Kier molecular flexibility index (Phi) is 3.81. The van der Waals surface area contributed by atoms with E-state index in [0.29, 0.717) is 0 Å². The Morgan fingerprint density at radius 2 is 2.12 bits per heavy atom. The Morgan fingerprint density at radius 1 is 1.53 bits per heavy atom. The van der Waals surface area contributed by atoms with Crippen LogP contribution >= 0.6 is 11.6 Å². The SMILES string of the molecule is COc1cc(NS(N)(=O)=O)c(Cl)cc1C(=O)O. The minimum absolute atomic E-state index is 0.0342. The zero-order valence-corrected chi connectivity index (χ0v) is 10.2. The summed E-state index contributed by atoms with van der Waals surface area (Å²) in [6.45, 7) is 0. The highest BCUT2D eigenvalue weighted by Crippen LogP contribution is 2.31. The highest BCUT2D eigenvalue weighted by molar-refractivity contribution is 7.90. The number of hydrogen-bond acceptors (Lipinski definition) is 4. The van der Waals surface area contributed by atoms with E-state index in [1.54, 1.807) is 0 Å². The molecule has 0 radical (unpaired) electrons. The summed E-state index contributed by atoms with van der Waals surface area (Å²) in [6, 6.07) is 2.20. The fourth-order valence-corrected chi connectivity index (χ4v) is 1.86. The molecule has 0 aliphatic carbocycles. The molecular weight excluding hydrogens is 272 g/mol. The van der Waals surface area contributed by atoms with Crippen molar-refractivity contribution in [2.75, 3.05) is 11.8 Å². The molecule has 0 fully saturated rings. The first-order valence-electron chi connectivity index (χ1n) is 4.16. The number of aromatic carboxylic acids is 1. The van der Waals surface area contributed by atoms with Crippen LogP contribution in [0, 0.1) is 0 Å². The van der Waals surface area contributed by atoms with Crippen molar-refractivity contribution in [1.29, 1.82) is 0 Å². The molecule has 1 aromatic rings. The summed E-state index contributed by atoms with van der Waals surface area (Å²) >= 11 is 5.71. The number of halogens is 1. The molecule has 0 unspecified atom stereocenters. The molecule has 9 heteroatoms. The van der Waals surface area contributed by atoms with Crippen molar-refractivity contribution < 1.29 is 23.1 Å². The van der Waals surface area contributed by atoms with Crippen molar-refractivity contribution in [3.8, 4) is 5.75 Å². The monoisotopic (exact) mass is 280 g/mol. The predicted octanol–water partition coefficient (Wildman–Crippen LogP) is 0.662. The van der Waals surface area contributed by atoms with Gasteiger partial charge in [-0.25, -0.2) is 9.93 Å². The molecule has 94 valence electrons. The molecule has 0 spiro atoms. The van der Waals surface area contributed by atoms with Gasteiger partial charge in [-0.15, -0.1) is 0 Å². The number of rotatable bonds is 4. The fraction of sp³-hybridized carbons (Fsp3) is 0.125. The Balaban J connectivity index is 3.32. The van der Waals surface area contributed by atoms with E-state index in [0.717, 1.165) is 12.1 Å². The van der Waals surface area contributed by atoms with Gasteiger partial charge in [0.15, 0.2) is 0 Å². The van der Waals surface area contributed by atoms with Gasteiger partial charge < -0.3 is 9.84 Å². The van der Waals surface area contributed by atoms with Crippen LogP contribution in [0.25, 0.3) is 0 Å².